The summed E-state index contributed by atoms with van der Waals surface area (Å²) in [6, 6.07) is 7.51. The maximum absolute atomic E-state index is 11.7. The molecule has 0 unspecified atom stereocenters. The Kier molecular flexibility index (Phi) is 3.57. The smallest absolute Gasteiger partial charge is 0.326 e. The molecular formula is C12H10N2O5S. The van der Waals surface area contributed by atoms with Gasteiger partial charge in [-0.25, -0.2) is 17.9 Å². The van der Waals surface area contributed by atoms with Gasteiger partial charge in [-0.05, 0) is 36.4 Å². The minimum atomic E-state index is -3.97. The molecule has 0 bridgehead atoms. The average molecular weight is 294 g/mol. The van der Waals surface area contributed by atoms with Crippen LogP contribution in [-0.4, -0.2) is 20.7 Å². The summed E-state index contributed by atoms with van der Waals surface area (Å²) in [5.41, 5.74) is 5.37. The lowest BCUT2D eigenvalue weighted by molar-refractivity contribution is 0.110. The van der Waals surface area contributed by atoms with Crippen molar-refractivity contribution in [3.05, 3.63) is 42.2 Å². The van der Waals surface area contributed by atoms with E-state index in [4.69, 9.17) is 10.2 Å². The number of furan rings is 1. The molecule has 0 atom stereocenters. The second-order valence-corrected chi connectivity index (χ2v) is 5.50. The van der Waals surface area contributed by atoms with E-state index in [1.165, 1.54) is 30.3 Å². The van der Waals surface area contributed by atoms with Crippen LogP contribution < -0.4 is 10.5 Å². The fourth-order valence-electron chi connectivity index (χ4n) is 1.56. The zero-order valence-corrected chi connectivity index (χ0v) is 10.9. The van der Waals surface area contributed by atoms with Crippen LogP contribution in [0.2, 0.25) is 0 Å². The van der Waals surface area contributed by atoms with Crippen molar-refractivity contribution in [3.8, 4) is 11.3 Å². The van der Waals surface area contributed by atoms with Crippen molar-refractivity contribution in [2.24, 2.45) is 5.73 Å². The Morgan fingerprint density at radius 2 is 1.80 bits per heavy atom. The van der Waals surface area contributed by atoms with Crippen LogP contribution in [0.3, 0.4) is 0 Å². The molecule has 0 fully saturated rings. The zero-order valence-electron chi connectivity index (χ0n) is 10.1. The largest absolute Gasteiger partial charge is 0.453 e. The second kappa shape index (κ2) is 5.17. The normalized spacial score (nSPS) is 11.0. The van der Waals surface area contributed by atoms with Gasteiger partial charge in [0.1, 0.15) is 5.76 Å². The summed E-state index contributed by atoms with van der Waals surface area (Å²) in [6.07, 6.45) is 0.569. The Labute approximate surface area is 114 Å². The number of carbonyl (C=O) groups excluding carboxylic acids is 2. The zero-order chi connectivity index (χ0) is 14.8. The first-order valence-electron chi connectivity index (χ1n) is 5.40. The van der Waals surface area contributed by atoms with Crippen molar-refractivity contribution in [1.29, 1.82) is 0 Å². The van der Waals surface area contributed by atoms with E-state index in [-0.39, 0.29) is 10.7 Å². The number of urea groups is 1. The molecule has 2 rings (SSSR count). The van der Waals surface area contributed by atoms with E-state index in [1.807, 2.05) is 0 Å². The molecule has 1 aromatic carbocycles. The average Bonchev–Trinajstić information content (AvgIpc) is 2.86. The Morgan fingerprint density at radius 1 is 1.15 bits per heavy atom. The molecule has 20 heavy (non-hydrogen) atoms. The summed E-state index contributed by atoms with van der Waals surface area (Å²) in [6.45, 7) is 0. The van der Waals surface area contributed by atoms with Crippen LogP contribution >= 0.6 is 0 Å². The van der Waals surface area contributed by atoms with Crippen molar-refractivity contribution in [3.63, 3.8) is 0 Å². The summed E-state index contributed by atoms with van der Waals surface area (Å²) in [4.78, 5) is 21.0. The van der Waals surface area contributed by atoms with Gasteiger partial charge in [-0.3, -0.25) is 4.79 Å². The van der Waals surface area contributed by atoms with Crippen LogP contribution in [0.25, 0.3) is 11.3 Å². The second-order valence-electron chi connectivity index (χ2n) is 3.81. The van der Waals surface area contributed by atoms with E-state index in [1.54, 1.807) is 10.8 Å². The SMILES string of the molecule is NC(=O)NS(=O)(=O)c1ccc(-c2ccc(C=O)o2)cc1. The highest BCUT2D eigenvalue weighted by Crippen LogP contribution is 2.23. The van der Waals surface area contributed by atoms with Gasteiger partial charge in [0.2, 0.25) is 0 Å². The van der Waals surface area contributed by atoms with Crippen molar-refractivity contribution in [2.75, 3.05) is 0 Å². The van der Waals surface area contributed by atoms with Crippen molar-refractivity contribution < 1.29 is 22.4 Å². The van der Waals surface area contributed by atoms with Gasteiger partial charge in [0, 0.05) is 5.56 Å². The van der Waals surface area contributed by atoms with E-state index in [0.717, 1.165) is 0 Å². The predicted molar refractivity (Wildman–Crippen MR) is 69.4 cm³/mol. The summed E-state index contributed by atoms with van der Waals surface area (Å²) in [5, 5.41) is 0. The molecule has 3 N–H and O–H groups in total. The molecule has 1 aromatic heterocycles. The highest BCUT2D eigenvalue weighted by molar-refractivity contribution is 7.90. The van der Waals surface area contributed by atoms with Crippen LogP contribution in [0.15, 0.2) is 45.7 Å². The lowest BCUT2D eigenvalue weighted by atomic mass is 10.2. The number of hydrogen-bond donors (Lipinski definition) is 2. The topological polar surface area (TPSA) is 119 Å². The molecule has 0 aliphatic carbocycles. The van der Waals surface area contributed by atoms with Crippen LogP contribution in [0.4, 0.5) is 4.79 Å². The Bertz CT molecular complexity index is 746. The number of nitrogens with two attached hydrogens (primary N) is 1. The first-order valence-corrected chi connectivity index (χ1v) is 6.88. The van der Waals surface area contributed by atoms with E-state index in [2.05, 4.69) is 0 Å². The number of primary amides is 1. The maximum Gasteiger partial charge on any atom is 0.326 e. The third-order valence-corrected chi connectivity index (χ3v) is 3.79. The fourth-order valence-corrected chi connectivity index (χ4v) is 2.44. The van der Waals surface area contributed by atoms with Gasteiger partial charge in [-0.2, -0.15) is 0 Å². The predicted octanol–water partition coefficient (Wildman–Crippen LogP) is 1.12. The highest BCUT2D eigenvalue weighted by Gasteiger charge is 2.16. The summed E-state index contributed by atoms with van der Waals surface area (Å²) >= 11 is 0. The van der Waals surface area contributed by atoms with Crippen LogP contribution in [0, 0.1) is 0 Å². The number of sulfonamides is 1. The van der Waals surface area contributed by atoms with Gasteiger partial charge in [-0.1, -0.05) is 0 Å². The molecular weight excluding hydrogens is 284 g/mol. The molecule has 1 heterocycles. The lowest BCUT2D eigenvalue weighted by Gasteiger charge is -2.04. The summed E-state index contributed by atoms with van der Waals surface area (Å²) < 4.78 is 30.2. The van der Waals surface area contributed by atoms with Gasteiger partial charge < -0.3 is 10.2 Å². The lowest BCUT2D eigenvalue weighted by Crippen LogP contribution is -2.34. The number of benzene rings is 1. The van der Waals surface area contributed by atoms with Gasteiger partial charge >= 0.3 is 6.03 Å². The van der Waals surface area contributed by atoms with Crippen LogP contribution in [0.5, 0.6) is 0 Å². The summed E-state index contributed by atoms with van der Waals surface area (Å²) in [5.74, 6) is 0.603. The third kappa shape index (κ3) is 2.86. The van der Waals surface area contributed by atoms with Crippen LogP contribution in [0.1, 0.15) is 10.6 Å². The molecule has 104 valence electrons. The highest BCUT2D eigenvalue weighted by atomic mass is 32.2. The molecule has 0 saturated heterocycles. The molecule has 2 amide bonds. The molecule has 0 spiro atoms. The van der Waals surface area contributed by atoms with Gasteiger partial charge in [0.25, 0.3) is 10.0 Å². The summed E-state index contributed by atoms with van der Waals surface area (Å²) in [7, 11) is -3.97. The van der Waals surface area contributed by atoms with Gasteiger partial charge in [-0.15, -0.1) is 0 Å². The number of carbonyl (C=O) groups is 2. The Morgan fingerprint density at radius 3 is 2.30 bits per heavy atom. The molecule has 0 radical (unpaired) electrons. The maximum atomic E-state index is 11.7. The molecule has 0 aliphatic rings. The minimum absolute atomic E-state index is 0.109. The first kappa shape index (κ1) is 13.8. The Balaban J connectivity index is 2.30. The number of hydrogen-bond acceptors (Lipinski definition) is 5. The van der Waals surface area contributed by atoms with E-state index >= 15 is 0 Å². The van der Waals surface area contributed by atoms with E-state index < -0.39 is 16.1 Å². The Hall–Kier alpha value is -2.61. The minimum Gasteiger partial charge on any atom is -0.453 e. The standard InChI is InChI=1S/C12H10N2O5S/c13-12(16)14-20(17,18)10-4-1-8(2-5-10)11-6-3-9(7-15)19-11/h1-7H,(H3,13,14,16). The van der Waals surface area contributed by atoms with Crippen molar-refractivity contribution in [2.45, 2.75) is 4.90 Å². The molecule has 0 saturated carbocycles. The van der Waals surface area contributed by atoms with Gasteiger partial charge in [0.05, 0.1) is 4.90 Å². The number of nitrogens with one attached hydrogen (secondary N) is 1. The monoisotopic (exact) mass is 294 g/mol. The third-order valence-electron chi connectivity index (χ3n) is 2.43. The molecule has 8 heteroatoms. The van der Waals surface area contributed by atoms with Crippen molar-refractivity contribution in [1.82, 2.24) is 4.72 Å². The van der Waals surface area contributed by atoms with Crippen LogP contribution in [-0.2, 0) is 10.0 Å². The van der Waals surface area contributed by atoms with E-state index in [9.17, 15) is 18.0 Å². The fraction of sp³-hybridized carbons (Fsp3) is 0. The number of aldehydes is 1. The molecule has 2 aromatic rings. The molecule has 0 aliphatic heterocycles. The number of rotatable bonds is 4. The first-order chi connectivity index (χ1) is 9.42. The molecule has 7 nitrogen and oxygen atoms in total. The van der Waals surface area contributed by atoms with E-state index in [0.29, 0.717) is 17.6 Å². The quantitative estimate of drug-likeness (QED) is 0.819. The number of amides is 2. The van der Waals surface area contributed by atoms with Crippen molar-refractivity contribution >= 4 is 22.3 Å². The van der Waals surface area contributed by atoms with Gasteiger partial charge in [0.15, 0.2) is 12.0 Å².